The fourth-order valence-electron chi connectivity index (χ4n) is 3.10. The lowest BCUT2D eigenvalue weighted by molar-refractivity contribution is -0.113. The maximum atomic E-state index is 13.1. The first-order chi connectivity index (χ1) is 15.0. The summed E-state index contributed by atoms with van der Waals surface area (Å²) in [6.45, 7) is 6.09. The molecule has 4 aromatic rings. The zero-order valence-corrected chi connectivity index (χ0v) is 18.6. The first kappa shape index (κ1) is 21.1. The third-order valence-electron chi connectivity index (χ3n) is 4.64. The number of rotatable bonds is 7. The topological polar surface area (TPSA) is 64.0 Å². The molecule has 1 amide bonds. The van der Waals surface area contributed by atoms with Gasteiger partial charge in [0, 0.05) is 17.1 Å². The lowest BCUT2D eigenvalue weighted by Gasteiger charge is -2.10. The predicted octanol–water partition coefficient (Wildman–Crippen LogP) is 5.35. The summed E-state index contributed by atoms with van der Waals surface area (Å²) in [7, 11) is 0. The summed E-state index contributed by atoms with van der Waals surface area (Å²) in [5.41, 5.74) is 3.46. The maximum Gasteiger partial charge on any atom is 0.272 e. The molecule has 2 heterocycles. The zero-order valence-electron chi connectivity index (χ0n) is 17.0. The van der Waals surface area contributed by atoms with Gasteiger partial charge < -0.3 is 5.32 Å². The Morgan fingerprint density at radius 2 is 1.94 bits per heavy atom. The van der Waals surface area contributed by atoms with Crippen LogP contribution in [0.25, 0.3) is 20.7 Å². The molecule has 0 bridgehead atoms. The quantitative estimate of drug-likeness (QED) is 0.236. The van der Waals surface area contributed by atoms with Gasteiger partial charge in [-0.1, -0.05) is 65.9 Å². The molecular weight excluding hydrogens is 426 g/mol. The lowest BCUT2D eigenvalue weighted by Crippen LogP contribution is -2.23. The second-order valence-corrected chi connectivity index (χ2v) is 8.99. The highest BCUT2D eigenvalue weighted by atomic mass is 32.2. The number of anilines is 1. The van der Waals surface area contributed by atoms with Crippen LogP contribution in [0, 0.1) is 6.92 Å². The second-order valence-electron chi connectivity index (χ2n) is 6.99. The molecule has 156 valence electrons. The second kappa shape index (κ2) is 9.32. The average Bonchev–Trinajstić information content (AvgIpc) is 3.21. The van der Waals surface area contributed by atoms with Crippen molar-refractivity contribution in [3.8, 4) is 10.4 Å². The van der Waals surface area contributed by atoms with E-state index in [0.29, 0.717) is 21.9 Å². The number of aromatic nitrogens is 2. The molecule has 0 fully saturated rings. The Kier molecular flexibility index (Phi) is 6.34. The van der Waals surface area contributed by atoms with Gasteiger partial charge in [-0.15, -0.1) is 17.9 Å². The number of nitrogens with one attached hydrogen (secondary N) is 1. The number of thiophene rings is 1. The number of carbonyl (C=O) groups is 1. The number of hydrogen-bond acceptors (Lipinski definition) is 5. The molecular formula is C24H21N3O2S2. The molecule has 0 saturated heterocycles. The number of nitrogens with zero attached hydrogens (tertiary/aromatic N) is 2. The highest BCUT2D eigenvalue weighted by Crippen LogP contribution is 2.32. The monoisotopic (exact) mass is 447 g/mol. The Hall–Kier alpha value is -3.16. The number of thioether (sulfide) groups is 1. The number of hydrogen-bond donors (Lipinski definition) is 1. The van der Waals surface area contributed by atoms with E-state index in [4.69, 9.17) is 4.98 Å². The number of fused-ring (bicyclic) bond motifs is 1. The lowest BCUT2D eigenvalue weighted by atomic mass is 10.2. The molecule has 4 rings (SSSR count). The molecule has 0 unspecified atom stereocenters. The minimum Gasteiger partial charge on any atom is -0.325 e. The minimum atomic E-state index is -0.149. The SMILES string of the molecule is C=CCn1c(SCC(=O)Nc2ccc(C)cc2)nc2cc(-c3ccccc3)sc2c1=O. The van der Waals surface area contributed by atoms with Crippen LogP contribution in [0.4, 0.5) is 5.69 Å². The van der Waals surface area contributed by atoms with Crippen molar-refractivity contribution in [2.24, 2.45) is 0 Å². The fraction of sp³-hybridized carbons (Fsp3) is 0.125. The number of allylic oxidation sites excluding steroid dienone is 1. The van der Waals surface area contributed by atoms with E-state index in [1.165, 1.54) is 23.1 Å². The van der Waals surface area contributed by atoms with Crippen molar-refractivity contribution in [2.45, 2.75) is 18.6 Å². The van der Waals surface area contributed by atoms with Crippen molar-refractivity contribution in [3.63, 3.8) is 0 Å². The molecule has 2 aromatic carbocycles. The first-order valence-electron chi connectivity index (χ1n) is 9.75. The van der Waals surface area contributed by atoms with Crippen LogP contribution in [0.5, 0.6) is 0 Å². The molecule has 0 aliphatic carbocycles. The van der Waals surface area contributed by atoms with Crippen LogP contribution in [0.3, 0.4) is 0 Å². The molecule has 0 aliphatic rings. The van der Waals surface area contributed by atoms with Gasteiger partial charge in [0.15, 0.2) is 5.16 Å². The molecule has 0 radical (unpaired) electrons. The van der Waals surface area contributed by atoms with E-state index in [1.54, 1.807) is 10.6 Å². The van der Waals surface area contributed by atoms with E-state index in [0.717, 1.165) is 21.7 Å². The van der Waals surface area contributed by atoms with Gasteiger partial charge in [0.05, 0.1) is 11.3 Å². The zero-order chi connectivity index (χ0) is 21.8. The summed E-state index contributed by atoms with van der Waals surface area (Å²) >= 11 is 2.68. The third-order valence-corrected chi connectivity index (χ3v) is 6.77. The van der Waals surface area contributed by atoms with Crippen LogP contribution >= 0.6 is 23.1 Å². The summed E-state index contributed by atoms with van der Waals surface area (Å²) in [4.78, 5) is 31.2. The van der Waals surface area contributed by atoms with E-state index in [-0.39, 0.29) is 17.2 Å². The summed E-state index contributed by atoms with van der Waals surface area (Å²) in [6.07, 6.45) is 1.66. The molecule has 0 spiro atoms. The molecule has 5 nitrogen and oxygen atoms in total. The normalized spacial score (nSPS) is 10.9. The van der Waals surface area contributed by atoms with Crippen molar-refractivity contribution in [3.05, 3.63) is 89.2 Å². The van der Waals surface area contributed by atoms with Crippen molar-refractivity contribution in [1.29, 1.82) is 0 Å². The predicted molar refractivity (Wildman–Crippen MR) is 130 cm³/mol. The number of aryl methyl sites for hydroxylation is 1. The maximum absolute atomic E-state index is 13.1. The Morgan fingerprint density at radius 1 is 1.19 bits per heavy atom. The summed E-state index contributed by atoms with van der Waals surface area (Å²) < 4.78 is 2.18. The van der Waals surface area contributed by atoms with Crippen LogP contribution in [-0.2, 0) is 11.3 Å². The standard InChI is InChI=1S/C24H21N3O2S2/c1-3-13-27-23(29)22-19(14-20(31-22)17-7-5-4-6-8-17)26-24(27)30-15-21(28)25-18-11-9-16(2)10-12-18/h3-12,14H,1,13,15H2,2H3,(H,25,28). The first-order valence-corrected chi connectivity index (χ1v) is 11.6. The molecule has 0 saturated carbocycles. The minimum absolute atomic E-state index is 0.112. The van der Waals surface area contributed by atoms with Gasteiger partial charge in [-0.3, -0.25) is 14.2 Å². The fourth-order valence-corrected chi connectivity index (χ4v) is 4.96. The summed E-state index contributed by atoms with van der Waals surface area (Å²) in [6, 6.07) is 19.5. The van der Waals surface area contributed by atoms with E-state index in [2.05, 4.69) is 11.9 Å². The highest BCUT2D eigenvalue weighted by Gasteiger charge is 2.16. The van der Waals surface area contributed by atoms with Gasteiger partial charge in [0.2, 0.25) is 5.91 Å². The van der Waals surface area contributed by atoms with Crippen molar-refractivity contribution >= 4 is 44.9 Å². The third kappa shape index (κ3) is 4.78. The van der Waals surface area contributed by atoms with E-state index < -0.39 is 0 Å². The molecule has 7 heteroatoms. The smallest absolute Gasteiger partial charge is 0.272 e. The largest absolute Gasteiger partial charge is 0.325 e. The van der Waals surface area contributed by atoms with Gasteiger partial charge in [-0.25, -0.2) is 4.98 Å². The van der Waals surface area contributed by atoms with Gasteiger partial charge >= 0.3 is 0 Å². The van der Waals surface area contributed by atoms with Crippen molar-refractivity contribution in [1.82, 2.24) is 9.55 Å². The number of amides is 1. The highest BCUT2D eigenvalue weighted by molar-refractivity contribution is 7.99. The van der Waals surface area contributed by atoms with Crippen LogP contribution < -0.4 is 10.9 Å². The van der Waals surface area contributed by atoms with Crippen LogP contribution in [0.1, 0.15) is 5.56 Å². The molecule has 31 heavy (non-hydrogen) atoms. The average molecular weight is 448 g/mol. The molecule has 1 N–H and O–H groups in total. The van der Waals surface area contributed by atoms with Crippen molar-refractivity contribution in [2.75, 3.05) is 11.1 Å². The molecule has 0 aliphatic heterocycles. The van der Waals surface area contributed by atoms with Crippen LogP contribution in [-0.4, -0.2) is 21.2 Å². The van der Waals surface area contributed by atoms with Crippen molar-refractivity contribution < 1.29 is 4.79 Å². The van der Waals surface area contributed by atoms with Gasteiger partial charge in [-0.05, 0) is 30.7 Å². The van der Waals surface area contributed by atoms with E-state index in [1.807, 2.05) is 67.6 Å². The summed E-state index contributed by atoms with van der Waals surface area (Å²) in [5, 5.41) is 3.38. The van der Waals surface area contributed by atoms with E-state index in [9.17, 15) is 9.59 Å². The van der Waals surface area contributed by atoms with Crippen LogP contribution in [0.2, 0.25) is 0 Å². The van der Waals surface area contributed by atoms with Crippen LogP contribution in [0.15, 0.2) is 83.3 Å². The number of carbonyl (C=O) groups excluding carboxylic acids is 1. The Morgan fingerprint density at radius 3 is 2.65 bits per heavy atom. The van der Waals surface area contributed by atoms with E-state index >= 15 is 0 Å². The molecule has 0 atom stereocenters. The molecule has 2 aromatic heterocycles. The Balaban J connectivity index is 1.60. The Bertz CT molecular complexity index is 1290. The number of benzene rings is 2. The summed E-state index contributed by atoms with van der Waals surface area (Å²) in [5.74, 6) is 0.00203. The van der Waals surface area contributed by atoms with Gasteiger partial charge in [-0.2, -0.15) is 0 Å². The Labute approximate surface area is 188 Å². The van der Waals surface area contributed by atoms with Gasteiger partial charge in [0.1, 0.15) is 4.70 Å². The van der Waals surface area contributed by atoms with Gasteiger partial charge in [0.25, 0.3) is 5.56 Å².